The first-order valence-electron chi connectivity index (χ1n) is 9.54. The molecule has 0 saturated carbocycles. The number of nitrogens with one attached hydrogen (secondary N) is 2. The fourth-order valence-electron chi connectivity index (χ4n) is 2.70. The molecule has 1 heterocycles. The number of amides is 1. The van der Waals surface area contributed by atoms with Crippen molar-refractivity contribution in [3.63, 3.8) is 0 Å². The molecule has 0 spiro atoms. The quantitative estimate of drug-likeness (QED) is 0.317. The number of unbranched alkanes of at least 4 members (excludes halogenated alkanes) is 1. The van der Waals surface area contributed by atoms with Crippen molar-refractivity contribution >= 4 is 34.2 Å². The van der Waals surface area contributed by atoms with Gasteiger partial charge in [-0.15, -0.1) is 5.10 Å². The Morgan fingerprint density at radius 1 is 1.06 bits per heavy atom. The zero-order valence-electron chi connectivity index (χ0n) is 16.5. The van der Waals surface area contributed by atoms with Crippen LogP contribution in [-0.4, -0.2) is 35.1 Å². The summed E-state index contributed by atoms with van der Waals surface area (Å²) in [5.74, 6) is -0.0210. The number of rotatable bonds is 10. The van der Waals surface area contributed by atoms with Crippen LogP contribution in [0.1, 0.15) is 28.9 Å². The molecule has 0 fully saturated rings. The van der Waals surface area contributed by atoms with Crippen LogP contribution < -0.4 is 10.0 Å². The molecule has 1 amide bonds. The van der Waals surface area contributed by atoms with Crippen LogP contribution in [0.5, 0.6) is 0 Å². The number of sulfonamides is 1. The molecule has 3 aromatic rings. The largest absolute Gasteiger partial charge is 0.346 e. The molecular formula is C20H22FN5O3S2. The highest BCUT2D eigenvalue weighted by Gasteiger charge is 2.15. The second-order valence-electron chi connectivity index (χ2n) is 6.72. The van der Waals surface area contributed by atoms with E-state index in [0.717, 1.165) is 37.3 Å². The molecule has 2 N–H and O–H groups in total. The highest BCUT2D eigenvalue weighted by molar-refractivity contribution is 7.92. The Morgan fingerprint density at radius 2 is 1.77 bits per heavy atom. The van der Waals surface area contributed by atoms with Crippen molar-refractivity contribution in [2.75, 3.05) is 10.5 Å². The predicted molar refractivity (Wildman–Crippen MR) is 118 cm³/mol. The third kappa shape index (κ3) is 6.53. The van der Waals surface area contributed by atoms with Gasteiger partial charge in [-0.05, 0) is 67.1 Å². The van der Waals surface area contributed by atoms with Crippen LogP contribution >= 0.6 is 12.6 Å². The lowest BCUT2D eigenvalue weighted by Crippen LogP contribution is -2.23. The van der Waals surface area contributed by atoms with E-state index in [2.05, 4.69) is 33.0 Å². The summed E-state index contributed by atoms with van der Waals surface area (Å²) in [6.45, 7) is 0.973. The van der Waals surface area contributed by atoms with Crippen molar-refractivity contribution in [3.05, 3.63) is 71.8 Å². The molecule has 31 heavy (non-hydrogen) atoms. The molecule has 0 aliphatic heterocycles. The average molecular weight is 464 g/mol. The Morgan fingerprint density at radius 3 is 2.45 bits per heavy atom. The van der Waals surface area contributed by atoms with E-state index in [9.17, 15) is 17.6 Å². The van der Waals surface area contributed by atoms with Gasteiger partial charge in [-0.2, -0.15) is 12.6 Å². The van der Waals surface area contributed by atoms with Gasteiger partial charge in [0.2, 0.25) is 0 Å². The molecule has 1 aromatic heterocycles. The van der Waals surface area contributed by atoms with Crippen molar-refractivity contribution in [2.24, 2.45) is 0 Å². The van der Waals surface area contributed by atoms with Crippen LogP contribution in [0.2, 0.25) is 0 Å². The summed E-state index contributed by atoms with van der Waals surface area (Å²) in [7, 11) is -3.85. The van der Waals surface area contributed by atoms with E-state index < -0.39 is 15.8 Å². The molecule has 2 aromatic carbocycles. The average Bonchev–Trinajstić information content (AvgIpc) is 3.20. The zero-order chi connectivity index (χ0) is 22.3. The van der Waals surface area contributed by atoms with E-state index in [4.69, 9.17) is 0 Å². The number of aryl methyl sites for hydroxylation is 1. The van der Waals surface area contributed by atoms with E-state index in [1.807, 2.05) is 0 Å². The van der Waals surface area contributed by atoms with E-state index in [-0.39, 0.29) is 23.0 Å². The van der Waals surface area contributed by atoms with Gasteiger partial charge in [0, 0.05) is 17.8 Å². The molecule has 164 valence electrons. The summed E-state index contributed by atoms with van der Waals surface area (Å²) in [6, 6.07) is 10.5. The van der Waals surface area contributed by atoms with Gasteiger partial charge in [0.05, 0.1) is 17.6 Å². The summed E-state index contributed by atoms with van der Waals surface area (Å²) < 4.78 is 41.8. The number of benzene rings is 2. The Balaban J connectivity index is 1.54. The summed E-state index contributed by atoms with van der Waals surface area (Å²) in [6.07, 6.45) is 3.73. The minimum Gasteiger partial charge on any atom is -0.346 e. The van der Waals surface area contributed by atoms with Crippen molar-refractivity contribution in [2.45, 2.75) is 30.8 Å². The number of anilines is 1. The Labute approximate surface area is 185 Å². The van der Waals surface area contributed by atoms with Crippen LogP contribution in [0.25, 0.3) is 0 Å². The number of thiol groups is 1. The van der Waals surface area contributed by atoms with Crippen LogP contribution in [0.3, 0.4) is 0 Å². The molecule has 0 radical (unpaired) electrons. The minimum atomic E-state index is -3.85. The number of hydrogen-bond acceptors (Lipinski definition) is 6. The third-order valence-electron chi connectivity index (χ3n) is 4.33. The molecular weight excluding hydrogens is 441 g/mol. The third-order valence-corrected chi connectivity index (χ3v) is 6.05. The van der Waals surface area contributed by atoms with Crippen LogP contribution in [0.4, 0.5) is 10.1 Å². The smallest absolute Gasteiger partial charge is 0.261 e. The molecule has 3 rings (SSSR count). The first kappa shape index (κ1) is 22.8. The second kappa shape index (κ2) is 10.4. The zero-order valence-corrected chi connectivity index (χ0v) is 18.2. The highest BCUT2D eigenvalue weighted by Crippen LogP contribution is 2.17. The Bertz CT molecular complexity index is 1120. The number of nitrogens with zero attached hydrogens (tertiary/aromatic N) is 3. The molecule has 0 aliphatic rings. The first-order valence-corrected chi connectivity index (χ1v) is 11.7. The monoisotopic (exact) mass is 463 g/mol. The van der Waals surface area contributed by atoms with Crippen molar-refractivity contribution in [1.82, 2.24) is 20.3 Å². The topological polar surface area (TPSA) is 106 Å². The van der Waals surface area contributed by atoms with Crippen molar-refractivity contribution < 1.29 is 17.6 Å². The maximum absolute atomic E-state index is 13.0. The molecule has 0 bridgehead atoms. The Hall–Kier alpha value is -2.92. The number of carbonyl (C=O) groups is 1. The summed E-state index contributed by atoms with van der Waals surface area (Å²) in [5, 5.41) is 10.8. The first-order chi connectivity index (χ1) is 14.9. The van der Waals surface area contributed by atoms with Gasteiger partial charge in [-0.25, -0.2) is 12.8 Å². The van der Waals surface area contributed by atoms with E-state index in [0.29, 0.717) is 11.3 Å². The van der Waals surface area contributed by atoms with Gasteiger partial charge in [0.15, 0.2) is 0 Å². The van der Waals surface area contributed by atoms with Crippen LogP contribution in [-0.2, 0) is 23.1 Å². The standard InChI is InChI=1S/C20H22FN5O3S2/c21-16-5-9-19(10-6-16)31(28,29)24-17-7-3-15(4-8-17)20(27)22-13-18-14-26(25-23-18)11-1-2-12-30/h3-10,14,24,30H,1-2,11-13H2,(H,22,27). The Kier molecular flexibility index (Phi) is 7.64. The number of hydrogen-bond donors (Lipinski definition) is 3. The minimum absolute atomic E-state index is 0.0608. The molecule has 0 atom stereocenters. The fraction of sp³-hybridized carbons (Fsp3) is 0.250. The lowest BCUT2D eigenvalue weighted by atomic mass is 10.2. The lowest BCUT2D eigenvalue weighted by molar-refractivity contribution is 0.0950. The van der Waals surface area contributed by atoms with Gasteiger partial charge >= 0.3 is 0 Å². The van der Waals surface area contributed by atoms with E-state index in [1.165, 1.54) is 36.4 Å². The molecule has 0 aliphatic carbocycles. The number of halogens is 1. The van der Waals surface area contributed by atoms with E-state index in [1.54, 1.807) is 10.9 Å². The SMILES string of the molecule is O=C(NCc1cn(CCCCS)nn1)c1ccc(NS(=O)(=O)c2ccc(F)cc2)cc1. The fourth-order valence-corrected chi connectivity index (χ4v) is 3.99. The van der Waals surface area contributed by atoms with Crippen LogP contribution in [0, 0.1) is 5.82 Å². The van der Waals surface area contributed by atoms with E-state index >= 15 is 0 Å². The van der Waals surface area contributed by atoms with Gasteiger partial charge in [-0.3, -0.25) is 14.2 Å². The molecule has 8 nitrogen and oxygen atoms in total. The van der Waals surface area contributed by atoms with Gasteiger partial charge in [0.25, 0.3) is 15.9 Å². The number of aromatic nitrogens is 3. The highest BCUT2D eigenvalue weighted by atomic mass is 32.2. The predicted octanol–water partition coefficient (Wildman–Crippen LogP) is 2.86. The molecule has 0 saturated heterocycles. The van der Waals surface area contributed by atoms with Gasteiger partial charge in [-0.1, -0.05) is 5.21 Å². The lowest BCUT2D eigenvalue weighted by Gasteiger charge is -2.09. The van der Waals surface area contributed by atoms with Crippen molar-refractivity contribution in [3.8, 4) is 0 Å². The summed E-state index contributed by atoms with van der Waals surface area (Å²) in [4.78, 5) is 12.3. The normalized spacial score (nSPS) is 11.3. The summed E-state index contributed by atoms with van der Waals surface area (Å²) >= 11 is 4.17. The molecule has 0 unspecified atom stereocenters. The van der Waals surface area contributed by atoms with Crippen molar-refractivity contribution in [1.29, 1.82) is 0 Å². The van der Waals surface area contributed by atoms with Crippen LogP contribution in [0.15, 0.2) is 59.6 Å². The molecule has 11 heteroatoms. The number of carbonyl (C=O) groups excluding carboxylic acids is 1. The summed E-state index contributed by atoms with van der Waals surface area (Å²) in [5.41, 5.74) is 1.29. The maximum atomic E-state index is 13.0. The maximum Gasteiger partial charge on any atom is 0.261 e. The second-order valence-corrected chi connectivity index (χ2v) is 8.85. The van der Waals surface area contributed by atoms with Gasteiger partial charge in [0.1, 0.15) is 11.5 Å². The van der Waals surface area contributed by atoms with Gasteiger partial charge < -0.3 is 5.32 Å².